The fourth-order valence-corrected chi connectivity index (χ4v) is 4.29. The molecule has 3 unspecified atom stereocenters. The van der Waals surface area contributed by atoms with Gasteiger partial charge < -0.3 is 24.7 Å². The van der Waals surface area contributed by atoms with Gasteiger partial charge in [0.05, 0.1) is 26.2 Å². The van der Waals surface area contributed by atoms with Crippen molar-refractivity contribution in [2.24, 2.45) is 11.8 Å². The van der Waals surface area contributed by atoms with Gasteiger partial charge in [-0.2, -0.15) is 0 Å². The van der Waals surface area contributed by atoms with Crippen LogP contribution in [0.25, 0.3) is 0 Å². The molecule has 0 aliphatic heterocycles. The molecule has 1 aromatic carbocycles. The number of hydrogen-bond acceptors (Lipinski definition) is 6. The van der Waals surface area contributed by atoms with Crippen LogP contribution < -0.4 is 14.8 Å². The molecule has 0 spiro atoms. The molecule has 0 fully saturated rings. The molecule has 208 valence electrons. The lowest BCUT2D eigenvalue weighted by molar-refractivity contribution is -0.123. The molecule has 0 bridgehead atoms. The molecule has 38 heavy (non-hydrogen) atoms. The number of nitrogens with one attached hydrogen (secondary N) is 1. The summed E-state index contributed by atoms with van der Waals surface area (Å²) < 4.78 is 10.9. The number of ether oxygens (including phenoxy) is 2. The quantitative estimate of drug-likeness (QED) is 0.242. The number of amides is 1. The Kier molecular flexibility index (Phi) is 13.6. The molecule has 0 aromatic heterocycles. The van der Waals surface area contributed by atoms with Crippen LogP contribution in [-0.4, -0.2) is 62.2 Å². The SMILES string of the molecule is CCC1=C(CCN(Cc2ccc(OC)cc2OC)CC(O)CNC(=O)C(C)/C=C\C(C)C=O)C=CC=CC1. The largest absolute Gasteiger partial charge is 0.497 e. The number of rotatable bonds is 16. The predicted octanol–water partition coefficient (Wildman–Crippen LogP) is 4.62. The van der Waals surface area contributed by atoms with E-state index < -0.39 is 6.10 Å². The van der Waals surface area contributed by atoms with E-state index in [0.29, 0.717) is 13.1 Å². The van der Waals surface area contributed by atoms with Crippen LogP contribution in [0.4, 0.5) is 0 Å². The van der Waals surface area contributed by atoms with Gasteiger partial charge in [0, 0.05) is 43.7 Å². The molecule has 0 heterocycles. The van der Waals surface area contributed by atoms with Crippen LogP contribution >= 0.6 is 0 Å². The summed E-state index contributed by atoms with van der Waals surface area (Å²) in [5.41, 5.74) is 3.75. The van der Waals surface area contributed by atoms with Crippen LogP contribution in [0.15, 0.2) is 65.8 Å². The molecule has 3 atom stereocenters. The van der Waals surface area contributed by atoms with E-state index in [9.17, 15) is 14.7 Å². The lowest BCUT2D eigenvalue weighted by Crippen LogP contribution is -2.41. The van der Waals surface area contributed by atoms with Crippen molar-refractivity contribution in [3.63, 3.8) is 0 Å². The number of benzene rings is 1. The monoisotopic (exact) mass is 524 g/mol. The van der Waals surface area contributed by atoms with Crippen LogP contribution in [0, 0.1) is 11.8 Å². The average molecular weight is 525 g/mol. The second kappa shape index (κ2) is 16.6. The topological polar surface area (TPSA) is 88.1 Å². The fraction of sp³-hybridized carbons (Fsp3) is 0.484. The summed E-state index contributed by atoms with van der Waals surface area (Å²) in [6, 6.07) is 5.76. The zero-order valence-electron chi connectivity index (χ0n) is 23.5. The Balaban J connectivity index is 2.11. The van der Waals surface area contributed by atoms with Crippen molar-refractivity contribution in [3.8, 4) is 11.5 Å². The third kappa shape index (κ3) is 10.3. The van der Waals surface area contributed by atoms with Gasteiger partial charge in [0.2, 0.25) is 5.91 Å². The molecule has 1 aromatic rings. The van der Waals surface area contributed by atoms with Crippen molar-refractivity contribution in [2.75, 3.05) is 33.9 Å². The summed E-state index contributed by atoms with van der Waals surface area (Å²) >= 11 is 0. The second-order valence-electron chi connectivity index (χ2n) is 9.70. The van der Waals surface area contributed by atoms with Gasteiger partial charge in [-0.05, 0) is 30.9 Å². The number of nitrogens with zero attached hydrogens (tertiary/aromatic N) is 1. The Bertz CT molecular complexity index is 1030. The first kappa shape index (κ1) is 31.1. The highest BCUT2D eigenvalue weighted by atomic mass is 16.5. The molecule has 0 saturated heterocycles. The van der Waals surface area contributed by atoms with Gasteiger partial charge in [-0.1, -0.05) is 68.9 Å². The van der Waals surface area contributed by atoms with Crippen molar-refractivity contribution in [1.29, 1.82) is 0 Å². The number of allylic oxidation sites excluding steroid dienone is 6. The van der Waals surface area contributed by atoms with Crippen LogP contribution in [-0.2, 0) is 16.1 Å². The van der Waals surface area contributed by atoms with E-state index in [0.717, 1.165) is 49.2 Å². The van der Waals surface area contributed by atoms with Crippen molar-refractivity contribution in [1.82, 2.24) is 10.2 Å². The average Bonchev–Trinajstić information content (AvgIpc) is 3.18. The number of aliphatic hydroxyl groups is 1. The number of carbonyl (C=O) groups excluding carboxylic acids is 2. The molecule has 1 aliphatic rings. The lowest BCUT2D eigenvalue weighted by atomic mass is 10.00. The number of aliphatic hydroxyl groups excluding tert-OH is 1. The summed E-state index contributed by atoms with van der Waals surface area (Å²) in [5.74, 6) is 0.644. The number of methoxy groups -OCH3 is 2. The maximum absolute atomic E-state index is 12.5. The summed E-state index contributed by atoms with van der Waals surface area (Å²) in [7, 11) is 3.26. The molecular weight excluding hydrogens is 480 g/mol. The highest BCUT2D eigenvalue weighted by molar-refractivity contribution is 5.80. The molecule has 1 aliphatic carbocycles. The fourth-order valence-electron chi connectivity index (χ4n) is 4.29. The standard InChI is InChI=1S/C31H44N2O5/c1-6-25-10-8-7-9-11-26(25)16-17-33(20-27-14-15-29(37-4)18-30(27)38-5)21-28(35)19-32-31(36)24(3)13-12-23(2)22-34/h7-9,11-15,18,22-24,28,35H,6,10,16-17,19-21H2,1-5H3,(H,32,36)/b13-12-. The van der Waals surface area contributed by atoms with Gasteiger partial charge >= 0.3 is 0 Å². The van der Waals surface area contributed by atoms with Crippen LogP contribution in [0.2, 0.25) is 0 Å². The van der Waals surface area contributed by atoms with Gasteiger partial charge in [-0.15, -0.1) is 0 Å². The van der Waals surface area contributed by atoms with Crippen molar-refractivity contribution < 1.29 is 24.2 Å². The molecule has 0 saturated carbocycles. The Labute approximate surface area is 227 Å². The summed E-state index contributed by atoms with van der Waals surface area (Å²) in [5, 5.41) is 13.7. The molecule has 7 nitrogen and oxygen atoms in total. The Morgan fingerprint density at radius 1 is 1.18 bits per heavy atom. The Hall–Kier alpha value is -3.16. The minimum absolute atomic E-state index is 0.142. The highest BCUT2D eigenvalue weighted by Gasteiger charge is 2.18. The minimum Gasteiger partial charge on any atom is -0.497 e. The Morgan fingerprint density at radius 2 is 1.97 bits per heavy atom. The predicted molar refractivity (Wildman–Crippen MR) is 152 cm³/mol. The first-order valence-corrected chi connectivity index (χ1v) is 13.4. The second-order valence-corrected chi connectivity index (χ2v) is 9.70. The van der Waals surface area contributed by atoms with Crippen molar-refractivity contribution >= 4 is 12.2 Å². The molecular formula is C31H44N2O5. The van der Waals surface area contributed by atoms with Gasteiger partial charge in [-0.3, -0.25) is 9.69 Å². The van der Waals surface area contributed by atoms with E-state index >= 15 is 0 Å². The number of hydrogen-bond donors (Lipinski definition) is 2. The third-order valence-electron chi connectivity index (χ3n) is 6.69. The lowest BCUT2D eigenvalue weighted by Gasteiger charge is -2.27. The maximum atomic E-state index is 12.5. The summed E-state index contributed by atoms with van der Waals surface area (Å²) in [6.07, 6.45) is 14.9. The summed E-state index contributed by atoms with van der Waals surface area (Å²) in [6.45, 7) is 7.58. The molecule has 2 rings (SSSR count). The third-order valence-corrected chi connectivity index (χ3v) is 6.69. The first-order chi connectivity index (χ1) is 18.3. The van der Waals surface area contributed by atoms with E-state index in [1.807, 2.05) is 18.2 Å². The molecule has 7 heteroatoms. The first-order valence-electron chi connectivity index (χ1n) is 13.4. The zero-order valence-corrected chi connectivity index (χ0v) is 23.5. The normalized spacial score (nSPS) is 15.9. The van der Waals surface area contributed by atoms with Crippen molar-refractivity contribution in [3.05, 3.63) is 71.4 Å². The molecule has 2 N–H and O–H groups in total. The molecule has 1 amide bonds. The van der Waals surface area contributed by atoms with Gasteiger partial charge in [0.25, 0.3) is 0 Å². The van der Waals surface area contributed by atoms with E-state index in [1.54, 1.807) is 40.2 Å². The van der Waals surface area contributed by atoms with E-state index in [1.165, 1.54) is 11.1 Å². The maximum Gasteiger partial charge on any atom is 0.226 e. The molecule has 0 radical (unpaired) electrons. The van der Waals surface area contributed by atoms with Gasteiger partial charge in [-0.25, -0.2) is 0 Å². The zero-order chi connectivity index (χ0) is 27.9. The number of aldehydes is 1. The van der Waals surface area contributed by atoms with E-state index in [4.69, 9.17) is 9.47 Å². The van der Waals surface area contributed by atoms with Gasteiger partial charge in [0.1, 0.15) is 17.8 Å². The number of carbonyl (C=O) groups is 2. The van der Waals surface area contributed by atoms with Crippen LogP contribution in [0.5, 0.6) is 11.5 Å². The van der Waals surface area contributed by atoms with Crippen molar-refractivity contribution in [2.45, 2.75) is 52.7 Å². The smallest absolute Gasteiger partial charge is 0.226 e. The Morgan fingerprint density at radius 3 is 2.66 bits per heavy atom. The van der Waals surface area contributed by atoms with Gasteiger partial charge in [0.15, 0.2) is 0 Å². The minimum atomic E-state index is -0.751. The van der Waals surface area contributed by atoms with Crippen LogP contribution in [0.3, 0.4) is 0 Å². The summed E-state index contributed by atoms with van der Waals surface area (Å²) in [4.78, 5) is 25.5. The van der Waals surface area contributed by atoms with E-state index in [-0.39, 0.29) is 24.3 Å². The van der Waals surface area contributed by atoms with Crippen LogP contribution in [0.1, 0.15) is 45.6 Å². The highest BCUT2D eigenvalue weighted by Crippen LogP contribution is 2.27. The van der Waals surface area contributed by atoms with E-state index in [2.05, 4.69) is 41.4 Å².